The molecule has 1 amide bonds. The molecule has 0 aliphatic carbocycles. The number of hydrogen-bond donors (Lipinski definition) is 1. The highest BCUT2D eigenvalue weighted by Gasteiger charge is 2.38. The summed E-state index contributed by atoms with van der Waals surface area (Å²) in [5, 5.41) is 9.97. The largest absolute Gasteiger partial charge is 0.393 e. The van der Waals surface area contributed by atoms with Crippen molar-refractivity contribution in [2.24, 2.45) is 0 Å². The molecule has 1 atom stereocenters. The van der Waals surface area contributed by atoms with Gasteiger partial charge in [0.15, 0.2) is 0 Å². The quantitative estimate of drug-likeness (QED) is 0.889. The van der Waals surface area contributed by atoms with Crippen molar-refractivity contribution in [2.45, 2.75) is 25.5 Å². The van der Waals surface area contributed by atoms with Crippen LogP contribution in [0.3, 0.4) is 0 Å². The van der Waals surface area contributed by atoms with Gasteiger partial charge in [0.2, 0.25) is 5.91 Å². The summed E-state index contributed by atoms with van der Waals surface area (Å²) in [7, 11) is 0. The van der Waals surface area contributed by atoms with Gasteiger partial charge in [0.05, 0.1) is 26.1 Å². The van der Waals surface area contributed by atoms with Crippen molar-refractivity contribution in [3.05, 3.63) is 54.1 Å². The SMILES string of the molecule is Cc1ccccc1C[C@]1(CO)CN(C(=O)Cn2ccnc2)CCO1. The molecule has 1 aromatic carbocycles. The number of morpholine rings is 1. The summed E-state index contributed by atoms with van der Waals surface area (Å²) in [5.41, 5.74) is 1.56. The maximum atomic E-state index is 12.5. The van der Waals surface area contributed by atoms with Crippen LogP contribution in [0.5, 0.6) is 0 Å². The van der Waals surface area contributed by atoms with Crippen LogP contribution >= 0.6 is 0 Å². The Morgan fingerprint density at radius 3 is 2.96 bits per heavy atom. The Labute approximate surface area is 141 Å². The minimum atomic E-state index is -0.741. The number of ether oxygens (including phenoxy) is 1. The molecule has 1 aliphatic heterocycles. The monoisotopic (exact) mass is 329 g/mol. The number of rotatable bonds is 5. The van der Waals surface area contributed by atoms with Gasteiger partial charge in [0.25, 0.3) is 0 Å². The molecule has 6 nitrogen and oxygen atoms in total. The van der Waals surface area contributed by atoms with Gasteiger partial charge in [-0.2, -0.15) is 0 Å². The van der Waals surface area contributed by atoms with Gasteiger partial charge in [0.1, 0.15) is 12.1 Å². The van der Waals surface area contributed by atoms with Crippen LogP contribution in [-0.2, 0) is 22.5 Å². The fourth-order valence-corrected chi connectivity index (χ4v) is 3.11. The van der Waals surface area contributed by atoms with Gasteiger partial charge in [-0.1, -0.05) is 24.3 Å². The topological polar surface area (TPSA) is 67.6 Å². The van der Waals surface area contributed by atoms with E-state index < -0.39 is 5.60 Å². The summed E-state index contributed by atoms with van der Waals surface area (Å²) in [6.45, 7) is 3.56. The van der Waals surface area contributed by atoms with Crippen molar-refractivity contribution >= 4 is 5.91 Å². The van der Waals surface area contributed by atoms with E-state index >= 15 is 0 Å². The highest BCUT2D eigenvalue weighted by atomic mass is 16.5. The lowest BCUT2D eigenvalue weighted by Crippen LogP contribution is -2.57. The number of hydrogen-bond acceptors (Lipinski definition) is 4. The first-order chi connectivity index (χ1) is 11.6. The van der Waals surface area contributed by atoms with E-state index in [0.717, 1.165) is 11.1 Å². The second kappa shape index (κ2) is 7.15. The first kappa shape index (κ1) is 16.7. The standard InChI is InChI=1S/C18H23N3O3/c1-15-4-2-3-5-16(15)10-18(13-22)12-21(8-9-24-18)17(23)11-20-7-6-19-14-20/h2-7,14,22H,8-13H2,1H3/t18-/m1/s1. The van der Waals surface area contributed by atoms with Crippen molar-refractivity contribution in [2.75, 3.05) is 26.3 Å². The lowest BCUT2D eigenvalue weighted by molar-refractivity contribution is -0.158. The predicted octanol–water partition coefficient (Wildman–Crippen LogP) is 1.02. The number of carbonyl (C=O) groups is 1. The Morgan fingerprint density at radius 1 is 1.42 bits per heavy atom. The first-order valence-electron chi connectivity index (χ1n) is 8.15. The third-order valence-electron chi connectivity index (χ3n) is 4.54. The van der Waals surface area contributed by atoms with Crippen LogP contribution in [0.25, 0.3) is 0 Å². The van der Waals surface area contributed by atoms with Crippen molar-refractivity contribution in [1.29, 1.82) is 0 Å². The summed E-state index contributed by atoms with van der Waals surface area (Å²) in [4.78, 5) is 18.3. The average Bonchev–Trinajstić information content (AvgIpc) is 3.10. The Morgan fingerprint density at radius 2 is 2.25 bits per heavy atom. The molecule has 2 heterocycles. The normalized spacial score (nSPS) is 21.0. The van der Waals surface area contributed by atoms with Crippen LogP contribution in [0, 0.1) is 6.92 Å². The van der Waals surface area contributed by atoms with Gasteiger partial charge >= 0.3 is 0 Å². The molecule has 1 aliphatic rings. The number of carbonyl (C=O) groups excluding carboxylic acids is 1. The van der Waals surface area contributed by atoms with Crippen LogP contribution in [0.4, 0.5) is 0 Å². The van der Waals surface area contributed by atoms with Crippen molar-refractivity contribution < 1.29 is 14.6 Å². The molecule has 3 rings (SSSR count). The van der Waals surface area contributed by atoms with E-state index in [1.165, 1.54) is 0 Å². The Kier molecular flexibility index (Phi) is 4.97. The highest BCUT2D eigenvalue weighted by molar-refractivity contribution is 5.76. The number of benzene rings is 1. The second-order valence-electron chi connectivity index (χ2n) is 6.34. The fourth-order valence-electron chi connectivity index (χ4n) is 3.11. The zero-order chi connectivity index (χ0) is 17.0. The third kappa shape index (κ3) is 3.66. The maximum absolute atomic E-state index is 12.5. The smallest absolute Gasteiger partial charge is 0.242 e. The molecule has 6 heteroatoms. The molecule has 1 aromatic heterocycles. The summed E-state index contributed by atoms with van der Waals surface area (Å²) in [6, 6.07) is 8.07. The zero-order valence-electron chi connectivity index (χ0n) is 13.9. The molecule has 128 valence electrons. The first-order valence-corrected chi connectivity index (χ1v) is 8.15. The Hall–Kier alpha value is -2.18. The molecule has 2 aromatic rings. The van der Waals surface area contributed by atoms with Crippen molar-refractivity contribution in [3.63, 3.8) is 0 Å². The molecule has 0 spiro atoms. The number of amides is 1. The van der Waals surface area contributed by atoms with E-state index in [4.69, 9.17) is 4.74 Å². The van der Waals surface area contributed by atoms with E-state index in [1.807, 2.05) is 31.2 Å². The van der Waals surface area contributed by atoms with Gasteiger partial charge in [-0.25, -0.2) is 4.98 Å². The number of nitrogens with zero attached hydrogens (tertiary/aromatic N) is 3. The van der Waals surface area contributed by atoms with Crippen LogP contribution in [-0.4, -0.2) is 57.4 Å². The van der Waals surface area contributed by atoms with E-state index in [1.54, 1.807) is 28.2 Å². The molecule has 0 radical (unpaired) electrons. The number of aromatic nitrogens is 2. The zero-order valence-corrected chi connectivity index (χ0v) is 13.9. The summed E-state index contributed by atoms with van der Waals surface area (Å²) >= 11 is 0. The fraction of sp³-hybridized carbons (Fsp3) is 0.444. The van der Waals surface area contributed by atoms with Gasteiger partial charge in [-0.15, -0.1) is 0 Å². The van der Waals surface area contributed by atoms with Crippen molar-refractivity contribution in [1.82, 2.24) is 14.5 Å². The van der Waals surface area contributed by atoms with E-state index in [2.05, 4.69) is 4.98 Å². The number of aliphatic hydroxyl groups is 1. The van der Waals surface area contributed by atoms with E-state index in [0.29, 0.717) is 26.1 Å². The molecule has 1 saturated heterocycles. The van der Waals surface area contributed by atoms with Gasteiger partial charge in [-0.05, 0) is 18.1 Å². The minimum Gasteiger partial charge on any atom is -0.393 e. The molecule has 1 N–H and O–H groups in total. The van der Waals surface area contributed by atoms with Crippen LogP contribution in [0.15, 0.2) is 43.0 Å². The van der Waals surface area contributed by atoms with Crippen LogP contribution < -0.4 is 0 Å². The molecule has 0 saturated carbocycles. The summed E-state index contributed by atoms with van der Waals surface area (Å²) < 4.78 is 7.68. The predicted molar refractivity (Wildman–Crippen MR) is 89.5 cm³/mol. The van der Waals surface area contributed by atoms with Gasteiger partial charge in [0, 0.05) is 25.4 Å². The molecular weight excluding hydrogens is 306 g/mol. The minimum absolute atomic E-state index is 0.0129. The Balaban J connectivity index is 1.72. The maximum Gasteiger partial charge on any atom is 0.242 e. The lowest BCUT2D eigenvalue weighted by atomic mass is 9.91. The summed E-state index contributed by atoms with van der Waals surface area (Å²) in [6.07, 6.45) is 5.64. The van der Waals surface area contributed by atoms with Gasteiger partial charge < -0.3 is 19.3 Å². The highest BCUT2D eigenvalue weighted by Crippen LogP contribution is 2.24. The summed E-state index contributed by atoms with van der Waals surface area (Å²) in [5.74, 6) is 0.0129. The second-order valence-corrected chi connectivity index (χ2v) is 6.34. The van der Waals surface area contributed by atoms with E-state index in [-0.39, 0.29) is 19.1 Å². The number of imidazole rings is 1. The van der Waals surface area contributed by atoms with Crippen LogP contribution in [0.1, 0.15) is 11.1 Å². The molecule has 24 heavy (non-hydrogen) atoms. The van der Waals surface area contributed by atoms with Gasteiger partial charge in [-0.3, -0.25) is 4.79 Å². The molecule has 0 unspecified atom stereocenters. The lowest BCUT2D eigenvalue weighted by Gasteiger charge is -2.42. The number of aliphatic hydroxyl groups excluding tert-OH is 1. The average molecular weight is 329 g/mol. The third-order valence-corrected chi connectivity index (χ3v) is 4.54. The Bertz CT molecular complexity index is 687. The number of aryl methyl sites for hydroxylation is 1. The van der Waals surface area contributed by atoms with E-state index in [9.17, 15) is 9.90 Å². The van der Waals surface area contributed by atoms with Crippen molar-refractivity contribution in [3.8, 4) is 0 Å². The van der Waals surface area contributed by atoms with Crippen LogP contribution in [0.2, 0.25) is 0 Å². The molecule has 0 bridgehead atoms. The molecule has 1 fully saturated rings. The molecular formula is C18H23N3O3.